The van der Waals surface area contributed by atoms with E-state index in [9.17, 15) is 4.39 Å². The van der Waals surface area contributed by atoms with Crippen LogP contribution in [0.5, 0.6) is 0 Å². The number of aromatic amines is 1. The summed E-state index contributed by atoms with van der Waals surface area (Å²) in [4.78, 5) is 0.966. The molecule has 2 aromatic rings. The lowest BCUT2D eigenvalue weighted by molar-refractivity contribution is 0.488. The van der Waals surface area contributed by atoms with Crippen LogP contribution in [0, 0.1) is 11.7 Å². The summed E-state index contributed by atoms with van der Waals surface area (Å²) in [7, 11) is 0. The van der Waals surface area contributed by atoms with E-state index in [1.165, 1.54) is 49.7 Å². The number of fused-ring (bicyclic) bond motifs is 1. The van der Waals surface area contributed by atoms with Gasteiger partial charge < -0.3 is 5.32 Å². The summed E-state index contributed by atoms with van der Waals surface area (Å²) >= 11 is 1.48. The van der Waals surface area contributed by atoms with Crippen LogP contribution in [0.3, 0.4) is 0 Å². The van der Waals surface area contributed by atoms with E-state index in [2.05, 4.69) is 27.2 Å². The first-order valence-corrected chi connectivity index (χ1v) is 9.59. The normalized spacial score (nSPS) is 22.8. The molecular weight excluding hydrogens is 323 g/mol. The van der Waals surface area contributed by atoms with Crippen molar-refractivity contribution in [2.45, 2.75) is 56.4 Å². The summed E-state index contributed by atoms with van der Waals surface area (Å²) in [6.07, 6.45) is 6.36. The molecular formula is C18H23FN4S. The zero-order valence-electron chi connectivity index (χ0n) is 13.9. The summed E-state index contributed by atoms with van der Waals surface area (Å²) in [6, 6.07) is 5.78. The molecule has 0 saturated heterocycles. The largest absolute Gasteiger partial charge is 0.336 e. The lowest BCUT2D eigenvalue weighted by Crippen LogP contribution is -2.00. The molecule has 24 heavy (non-hydrogen) atoms. The Morgan fingerprint density at radius 3 is 3.17 bits per heavy atom. The van der Waals surface area contributed by atoms with E-state index in [1.807, 2.05) is 12.1 Å². The molecule has 1 aliphatic carbocycles. The molecule has 1 aliphatic heterocycles. The van der Waals surface area contributed by atoms with Crippen LogP contribution >= 0.6 is 11.9 Å². The molecule has 3 N–H and O–H groups in total. The highest BCUT2D eigenvalue weighted by Crippen LogP contribution is 2.40. The predicted octanol–water partition coefficient (Wildman–Crippen LogP) is 5.09. The number of hydrogen-bond donors (Lipinski definition) is 3. The van der Waals surface area contributed by atoms with Crippen molar-refractivity contribution in [1.29, 1.82) is 0 Å². The minimum Gasteiger partial charge on any atom is -0.336 e. The van der Waals surface area contributed by atoms with Crippen molar-refractivity contribution < 1.29 is 4.39 Å². The van der Waals surface area contributed by atoms with E-state index in [1.54, 1.807) is 6.07 Å². The average Bonchev–Trinajstić information content (AvgIpc) is 3.30. The van der Waals surface area contributed by atoms with Gasteiger partial charge in [0, 0.05) is 34.7 Å². The fourth-order valence-electron chi connectivity index (χ4n) is 3.92. The number of nitrogens with zero attached hydrogens (tertiary/aromatic N) is 1. The number of aromatic nitrogens is 2. The number of benzene rings is 1. The topological polar surface area (TPSA) is 52.7 Å². The van der Waals surface area contributed by atoms with Crippen molar-refractivity contribution in [3.05, 3.63) is 35.3 Å². The predicted molar refractivity (Wildman–Crippen MR) is 96.0 cm³/mol. The molecule has 0 bridgehead atoms. The van der Waals surface area contributed by atoms with Gasteiger partial charge in [-0.3, -0.25) is 9.82 Å². The lowest BCUT2D eigenvalue weighted by Gasteiger charge is -2.08. The third-order valence-corrected chi connectivity index (χ3v) is 6.06. The van der Waals surface area contributed by atoms with Crippen LogP contribution in [0.1, 0.15) is 56.2 Å². The Labute approximate surface area is 146 Å². The number of halogens is 1. The molecule has 1 saturated carbocycles. The zero-order valence-corrected chi connectivity index (χ0v) is 14.7. The van der Waals surface area contributed by atoms with E-state index < -0.39 is 0 Å². The number of hydrogen-bond acceptors (Lipinski definition) is 4. The van der Waals surface area contributed by atoms with Gasteiger partial charge in [-0.25, -0.2) is 4.39 Å². The van der Waals surface area contributed by atoms with Crippen molar-refractivity contribution in [1.82, 2.24) is 14.9 Å². The van der Waals surface area contributed by atoms with Gasteiger partial charge >= 0.3 is 0 Å². The zero-order chi connectivity index (χ0) is 16.5. The van der Waals surface area contributed by atoms with Crippen LogP contribution in [0.2, 0.25) is 0 Å². The Bertz CT molecular complexity index is 730. The Morgan fingerprint density at radius 2 is 2.29 bits per heavy atom. The minimum absolute atomic E-state index is 0.182. The maximum absolute atomic E-state index is 14.5. The van der Waals surface area contributed by atoms with Crippen LogP contribution in [-0.4, -0.2) is 10.2 Å². The minimum atomic E-state index is -0.182. The molecule has 6 heteroatoms. The summed E-state index contributed by atoms with van der Waals surface area (Å²) in [5.74, 6) is 1.92. The van der Waals surface area contributed by atoms with Crippen molar-refractivity contribution in [2.24, 2.45) is 5.92 Å². The van der Waals surface area contributed by atoms with E-state index in [0.717, 1.165) is 16.4 Å². The summed E-state index contributed by atoms with van der Waals surface area (Å²) in [6.45, 7) is 2.82. The third kappa shape index (κ3) is 3.05. The molecule has 2 atom stereocenters. The summed E-state index contributed by atoms with van der Waals surface area (Å²) < 4.78 is 17.7. The molecule has 1 aromatic carbocycles. The molecule has 2 unspecified atom stereocenters. The van der Waals surface area contributed by atoms with E-state index in [-0.39, 0.29) is 5.82 Å². The summed E-state index contributed by atoms with van der Waals surface area (Å²) in [5, 5.41) is 10.6. The molecule has 0 radical (unpaired) electrons. The smallest absolute Gasteiger partial charge is 0.152 e. The Hall–Kier alpha value is -1.53. The Morgan fingerprint density at radius 1 is 1.38 bits per heavy atom. The molecule has 0 spiro atoms. The third-order valence-electron chi connectivity index (χ3n) is 5.17. The number of nitrogens with one attached hydrogen (secondary N) is 3. The Kier molecular flexibility index (Phi) is 4.50. The molecule has 2 aliphatic rings. The second-order valence-corrected chi connectivity index (χ2v) is 7.76. The van der Waals surface area contributed by atoms with E-state index >= 15 is 0 Å². The van der Waals surface area contributed by atoms with Crippen molar-refractivity contribution in [3.8, 4) is 0 Å². The Balaban J connectivity index is 1.46. The van der Waals surface area contributed by atoms with Gasteiger partial charge in [0.1, 0.15) is 0 Å². The number of H-pyrrole nitrogens is 1. The van der Waals surface area contributed by atoms with Gasteiger partial charge in [0.05, 0.1) is 5.69 Å². The monoisotopic (exact) mass is 346 g/mol. The highest BCUT2D eigenvalue weighted by molar-refractivity contribution is 7.97. The molecule has 1 aromatic heterocycles. The highest BCUT2D eigenvalue weighted by Gasteiger charge is 2.27. The van der Waals surface area contributed by atoms with Gasteiger partial charge in [-0.2, -0.15) is 5.10 Å². The van der Waals surface area contributed by atoms with E-state index in [4.69, 9.17) is 0 Å². The van der Waals surface area contributed by atoms with Gasteiger partial charge in [-0.05, 0) is 49.3 Å². The summed E-state index contributed by atoms with van der Waals surface area (Å²) in [5.41, 5.74) is 2.40. The molecule has 4 rings (SSSR count). The molecule has 2 heterocycles. The average molecular weight is 346 g/mol. The van der Waals surface area contributed by atoms with Crippen LogP contribution in [0.15, 0.2) is 23.1 Å². The van der Waals surface area contributed by atoms with Gasteiger partial charge in [0.25, 0.3) is 0 Å². The maximum Gasteiger partial charge on any atom is 0.152 e. The van der Waals surface area contributed by atoms with Gasteiger partial charge in [-0.15, -0.1) is 0 Å². The molecule has 128 valence electrons. The van der Waals surface area contributed by atoms with Crippen LogP contribution in [0.4, 0.5) is 15.9 Å². The number of rotatable bonds is 5. The van der Waals surface area contributed by atoms with Gasteiger partial charge in [0.2, 0.25) is 0 Å². The SMILES string of the molecule is CCCC1CCC(c2cc(Nc3ccc4c(c3F)CNS4)n[nH]2)C1. The van der Waals surface area contributed by atoms with Gasteiger partial charge in [-0.1, -0.05) is 19.8 Å². The lowest BCUT2D eigenvalue weighted by atomic mass is 9.99. The first kappa shape index (κ1) is 16.0. The van der Waals surface area contributed by atoms with Crippen LogP contribution < -0.4 is 10.0 Å². The first-order valence-electron chi connectivity index (χ1n) is 8.78. The van der Waals surface area contributed by atoms with Crippen LogP contribution in [0.25, 0.3) is 0 Å². The molecule has 0 amide bonds. The van der Waals surface area contributed by atoms with Crippen LogP contribution in [-0.2, 0) is 6.54 Å². The van der Waals surface area contributed by atoms with Gasteiger partial charge in [0.15, 0.2) is 11.6 Å². The molecule has 1 fully saturated rings. The fourth-order valence-corrected chi connectivity index (χ4v) is 4.72. The van der Waals surface area contributed by atoms with Crippen molar-refractivity contribution >= 4 is 23.5 Å². The number of anilines is 2. The van der Waals surface area contributed by atoms with Crippen molar-refractivity contribution in [3.63, 3.8) is 0 Å². The standard InChI is InChI=1S/C18H23FN4S/c1-2-3-11-4-5-12(8-11)15-9-17(23-22-15)21-14-6-7-16-13(18(14)19)10-20-24-16/h6-7,9,11-12,20H,2-5,8,10H2,1H3,(H2,21,22,23). The quantitative estimate of drug-likeness (QED) is 0.660. The second kappa shape index (κ2) is 6.76. The highest BCUT2D eigenvalue weighted by atomic mass is 32.2. The fraction of sp³-hybridized carbons (Fsp3) is 0.500. The van der Waals surface area contributed by atoms with Crippen molar-refractivity contribution in [2.75, 3.05) is 5.32 Å². The second-order valence-electron chi connectivity index (χ2n) is 6.83. The first-order chi connectivity index (χ1) is 11.7. The maximum atomic E-state index is 14.5. The molecule has 4 nitrogen and oxygen atoms in total. The van der Waals surface area contributed by atoms with E-state index in [0.29, 0.717) is 24.0 Å².